The molecule has 0 aliphatic carbocycles. The average Bonchev–Trinajstić information content (AvgIpc) is 2.56. The predicted molar refractivity (Wildman–Crippen MR) is 96.6 cm³/mol. The van der Waals surface area contributed by atoms with E-state index in [0.717, 1.165) is 38.1 Å². The molecular weight excluding hydrogens is 329 g/mol. The normalized spacial score (nSPS) is 12.8. The van der Waals surface area contributed by atoms with E-state index < -0.39 is 11.7 Å². The third kappa shape index (κ3) is 8.25. The van der Waals surface area contributed by atoms with Gasteiger partial charge in [0, 0.05) is 26.2 Å². The van der Waals surface area contributed by atoms with Crippen LogP contribution in [0.1, 0.15) is 37.8 Å². The maximum atomic E-state index is 12.7. The highest BCUT2D eigenvalue weighted by atomic mass is 19.4. The number of unbranched alkanes of at least 4 members (excludes halogenated alkanes) is 1. The van der Waals surface area contributed by atoms with Gasteiger partial charge in [-0.2, -0.15) is 13.2 Å². The van der Waals surface area contributed by atoms with E-state index in [9.17, 15) is 13.2 Å². The van der Waals surface area contributed by atoms with E-state index in [1.54, 1.807) is 13.1 Å². The van der Waals surface area contributed by atoms with Gasteiger partial charge >= 0.3 is 6.18 Å². The molecule has 0 fully saturated rings. The fourth-order valence-corrected chi connectivity index (χ4v) is 2.22. The van der Waals surface area contributed by atoms with E-state index in [4.69, 9.17) is 0 Å². The Morgan fingerprint density at radius 2 is 1.92 bits per heavy atom. The van der Waals surface area contributed by atoms with Crippen molar-refractivity contribution in [2.45, 2.75) is 45.5 Å². The van der Waals surface area contributed by atoms with Gasteiger partial charge in [0.05, 0.1) is 5.56 Å². The van der Waals surface area contributed by atoms with Crippen molar-refractivity contribution < 1.29 is 13.2 Å². The number of hydrogen-bond acceptors (Lipinski definition) is 2. The van der Waals surface area contributed by atoms with Gasteiger partial charge in [-0.05, 0) is 58.0 Å². The van der Waals surface area contributed by atoms with Gasteiger partial charge in [-0.15, -0.1) is 0 Å². The van der Waals surface area contributed by atoms with Gasteiger partial charge < -0.3 is 15.5 Å². The van der Waals surface area contributed by atoms with E-state index in [0.29, 0.717) is 24.1 Å². The average molecular weight is 358 g/mol. The number of nitrogens with zero attached hydrogens (tertiary/aromatic N) is 2. The van der Waals surface area contributed by atoms with E-state index in [-0.39, 0.29) is 0 Å². The van der Waals surface area contributed by atoms with Gasteiger partial charge in [-0.25, -0.2) is 0 Å². The molecule has 0 heterocycles. The van der Waals surface area contributed by atoms with Crippen LogP contribution in [0.5, 0.6) is 0 Å². The van der Waals surface area contributed by atoms with Crippen molar-refractivity contribution >= 4 is 5.96 Å². The molecule has 0 aliphatic heterocycles. The molecule has 1 rings (SSSR count). The molecule has 7 heteroatoms. The number of alkyl halides is 3. The second kappa shape index (κ2) is 10.3. The van der Waals surface area contributed by atoms with Crippen molar-refractivity contribution in [2.75, 3.05) is 27.2 Å². The van der Waals surface area contributed by atoms with E-state index in [2.05, 4.69) is 41.4 Å². The number of benzene rings is 1. The number of nitrogens with one attached hydrogen (secondary N) is 2. The first-order chi connectivity index (χ1) is 11.7. The molecular formula is C18H29F3N4. The van der Waals surface area contributed by atoms with Crippen molar-refractivity contribution in [3.63, 3.8) is 0 Å². The van der Waals surface area contributed by atoms with Gasteiger partial charge in [0.15, 0.2) is 5.96 Å². The highest BCUT2D eigenvalue weighted by molar-refractivity contribution is 5.79. The van der Waals surface area contributed by atoms with Crippen molar-refractivity contribution in [1.82, 2.24) is 15.5 Å². The number of guanidine groups is 1. The highest BCUT2D eigenvalue weighted by Gasteiger charge is 2.30. The largest absolute Gasteiger partial charge is 0.416 e. The summed E-state index contributed by atoms with van der Waals surface area (Å²) < 4.78 is 38.2. The molecule has 0 bridgehead atoms. The van der Waals surface area contributed by atoms with Crippen LogP contribution in [0.15, 0.2) is 29.3 Å². The van der Waals surface area contributed by atoms with Gasteiger partial charge in [0.25, 0.3) is 0 Å². The Morgan fingerprint density at radius 3 is 2.52 bits per heavy atom. The summed E-state index contributed by atoms with van der Waals surface area (Å²) in [6, 6.07) is 5.85. The van der Waals surface area contributed by atoms with Crippen LogP contribution in [0, 0.1) is 0 Å². The molecule has 0 saturated carbocycles. The highest BCUT2D eigenvalue weighted by Crippen LogP contribution is 2.29. The van der Waals surface area contributed by atoms with Crippen molar-refractivity contribution in [3.8, 4) is 0 Å². The Hall–Kier alpha value is -1.76. The van der Waals surface area contributed by atoms with Gasteiger partial charge in [0.2, 0.25) is 0 Å². The van der Waals surface area contributed by atoms with Crippen molar-refractivity contribution in [1.29, 1.82) is 0 Å². The summed E-state index contributed by atoms with van der Waals surface area (Å²) in [4.78, 5) is 6.39. The topological polar surface area (TPSA) is 39.7 Å². The molecule has 0 amide bonds. The lowest BCUT2D eigenvalue weighted by Crippen LogP contribution is -2.37. The van der Waals surface area contributed by atoms with Crippen LogP contribution in [0.25, 0.3) is 0 Å². The second-order valence-corrected chi connectivity index (χ2v) is 6.33. The molecule has 0 saturated heterocycles. The van der Waals surface area contributed by atoms with Crippen molar-refractivity contribution in [3.05, 3.63) is 35.4 Å². The number of halogens is 3. The Kier molecular flexibility index (Phi) is 8.75. The number of rotatable bonds is 8. The maximum absolute atomic E-state index is 12.7. The van der Waals surface area contributed by atoms with E-state index >= 15 is 0 Å². The van der Waals surface area contributed by atoms with Crippen LogP contribution in [0.3, 0.4) is 0 Å². The molecule has 0 atom stereocenters. The van der Waals surface area contributed by atoms with Crippen molar-refractivity contribution in [2.24, 2.45) is 4.99 Å². The molecule has 0 spiro atoms. The van der Waals surface area contributed by atoms with E-state index in [1.807, 2.05) is 0 Å². The zero-order valence-electron chi connectivity index (χ0n) is 15.5. The Balaban J connectivity index is 2.35. The SMILES string of the molecule is CN=C(NCCCCN(C)C(C)C)NCc1cccc(C(F)(F)F)c1. The minimum Gasteiger partial charge on any atom is -0.356 e. The lowest BCUT2D eigenvalue weighted by atomic mass is 10.1. The van der Waals surface area contributed by atoms with Crippen LogP contribution in [-0.4, -0.2) is 44.1 Å². The predicted octanol–water partition coefficient (Wildman–Crippen LogP) is 3.49. The molecule has 0 aliphatic rings. The standard InChI is InChI=1S/C18H29F3N4/c1-14(2)25(4)11-6-5-10-23-17(22-3)24-13-15-8-7-9-16(12-15)18(19,20)21/h7-9,12,14H,5-6,10-11,13H2,1-4H3,(H2,22,23,24). The van der Waals surface area contributed by atoms with E-state index in [1.165, 1.54) is 6.07 Å². The molecule has 0 unspecified atom stereocenters. The smallest absolute Gasteiger partial charge is 0.356 e. The van der Waals surface area contributed by atoms with Crippen LogP contribution >= 0.6 is 0 Å². The summed E-state index contributed by atoms with van der Waals surface area (Å²) in [5.41, 5.74) is -0.0691. The fraction of sp³-hybridized carbons (Fsp3) is 0.611. The minimum absolute atomic E-state index is 0.291. The number of aliphatic imine (C=N–C) groups is 1. The molecule has 0 aromatic heterocycles. The molecule has 142 valence electrons. The van der Waals surface area contributed by atoms with Crippen LogP contribution < -0.4 is 10.6 Å². The molecule has 25 heavy (non-hydrogen) atoms. The zero-order chi connectivity index (χ0) is 18.9. The summed E-state index contributed by atoms with van der Waals surface area (Å²) >= 11 is 0. The first-order valence-electron chi connectivity index (χ1n) is 8.55. The molecule has 0 radical (unpaired) electrons. The van der Waals surface area contributed by atoms with Crippen LogP contribution in [0.2, 0.25) is 0 Å². The summed E-state index contributed by atoms with van der Waals surface area (Å²) in [6.07, 6.45) is -2.24. The zero-order valence-corrected chi connectivity index (χ0v) is 15.5. The Labute approximate surface area is 148 Å². The number of hydrogen-bond donors (Lipinski definition) is 2. The summed E-state index contributed by atoms with van der Waals surface area (Å²) in [6.45, 7) is 6.43. The Bertz CT molecular complexity index is 541. The van der Waals surface area contributed by atoms with Crippen LogP contribution in [0.4, 0.5) is 13.2 Å². The maximum Gasteiger partial charge on any atom is 0.416 e. The van der Waals surface area contributed by atoms with Crippen LogP contribution in [-0.2, 0) is 12.7 Å². The Morgan fingerprint density at radius 1 is 1.20 bits per heavy atom. The quantitative estimate of drug-likeness (QED) is 0.425. The third-order valence-corrected chi connectivity index (χ3v) is 4.05. The van der Waals surface area contributed by atoms with Gasteiger partial charge in [-0.1, -0.05) is 12.1 Å². The second-order valence-electron chi connectivity index (χ2n) is 6.33. The third-order valence-electron chi connectivity index (χ3n) is 4.05. The first kappa shape index (κ1) is 21.3. The first-order valence-corrected chi connectivity index (χ1v) is 8.55. The molecule has 4 nitrogen and oxygen atoms in total. The van der Waals surface area contributed by atoms with Gasteiger partial charge in [0.1, 0.15) is 0 Å². The molecule has 1 aromatic rings. The minimum atomic E-state index is -4.32. The summed E-state index contributed by atoms with van der Waals surface area (Å²) in [5, 5.41) is 6.23. The fourth-order valence-electron chi connectivity index (χ4n) is 2.22. The summed E-state index contributed by atoms with van der Waals surface area (Å²) in [5.74, 6) is 0.592. The molecule has 2 N–H and O–H groups in total. The lowest BCUT2D eigenvalue weighted by molar-refractivity contribution is -0.137. The summed E-state index contributed by atoms with van der Waals surface area (Å²) in [7, 11) is 3.75. The monoisotopic (exact) mass is 358 g/mol. The molecule has 1 aromatic carbocycles. The van der Waals surface area contributed by atoms with Gasteiger partial charge in [-0.3, -0.25) is 4.99 Å². The lowest BCUT2D eigenvalue weighted by Gasteiger charge is -2.20.